The van der Waals surface area contributed by atoms with Crippen LogP contribution < -0.4 is 10.5 Å². The second-order valence-corrected chi connectivity index (χ2v) is 3.23. The smallest absolute Gasteiger partial charge is 0.166 e. The van der Waals surface area contributed by atoms with E-state index in [4.69, 9.17) is 10.5 Å². The molecule has 2 rings (SSSR count). The van der Waals surface area contributed by atoms with Gasteiger partial charge in [0, 0.05) is 0 Å². The standard InChI is InChI=1S/C10H12N4O/c1-7-3-4-9(15-2)8(5-7)14-12-6-10(11)13-14/h3-6H,1-2H3,(H2,11,13). The number of rotatable bonds is 2. The van der Waals surface area contributed by atoms with Crippen molar-refractivity contribution < 1.29 is 4.74 Å². The van der Waals surface area contributed by atoms with Crippen molar-refractivity contribution in [2.45, 2.75) is 6.92 Å². The van der Waals surface area contributed by atoms with Gasteiger partial charge in [0.25, 0.3) is 0 Å². The molecule has 5 heteroatoms. The Kier molecular flexibility index (Phi) is 2.29. The molecule has 0 spiro atoms. The fraction of sp³-hybridized carbons (Fsp3) is 0.200. The summed E-state index contributed by atoms with van der Waals surface area (Å²) in [7, 11) is 1.61. The van der Waals surface area contributed by atoms with Crippen LogP contribution in [0.1, 0.15) is 5.56 Å². The van der Waals surface area contributed by atoms with E-state index in [1.54, 1.807) is 7.11 Å². The quantitative estimate of drug-likeness (QED) is 0.797. The Labute approximate surface area is 87.5 Å². The van der Waals surface area contributed by atoms with Gasteiger partial charge in [0.05, 0.1) is 13.3 Å². The van der Waals surface area contributed by atoms with E-state index < -0.39 is 0 Å². The Morgan fingerprint density at radius 1 is 1.40 bits per heavy atom. The Balaban J connectivity index is 2.55. The van der Waals surface area contributed by atoms with Gasteiger partial charge in [-0.15, -0.1) is 9.90 Å². The van der Waals surface area contributed by atoms with Gasteiger partial charge >= 0.3 is 0 Å². The van der Waals surface area contributed by atoms with Gasteiger partial charge in [0.2, 0.25) is 0 Å². The molecule has 0 radical (unpaired) electrons. The van der Waals surface area contributed by atoms with Crippen molar-refractivity contribution >= 4 is 5.82 Å². The van der Waals surface area contributed by atoms with Crippen LogP contribution in [-0.2, 0) is 0 Å². The van der Waals surface area contributed by atoms with E-state index in [1.807, 2.05) is 25.1 Å². The van der Waals surface area contributed by atoms with Gasteiger partial charge in [-0.05, 0) is 24.6 Å². The molecule has 0 bridgehead atoms. The van der Waals surface area contributed by atoms with Crippen LogP contribution in [-0.4, -0.2) is 22.1 Å². The highest BCUT2D eigenvalue weighted by Crippen LogP contribution is 2.22. The monoisotopic (exact) mass is 204 g/mol. The molecule has 0 aliphatic heterocycles. The number of nitrogens with zero attached hydrogens (tertiary/aromatic N) is 3. The fourth-order valence-corrected chi connectivity index (χ4v) is 1.35. The molecule has 0 saturated heterocycles. The maximum Gasteiger partial charge on any atom is 0.166 e. The average Bonchev–Trinajstić information content (AvgIpc) is 2.65. The van der Waals surface area contributed by atoms with E-state index in [0.717, 1.165) is 17.0 Å². The first-order valence-corrected chi connectivity index (χ1v) is 4.53. The zero-order valence-electron chi connectivity index (χ0n) is 8.64. The summed E-state index contributed by atoms with van der Waals surface area (Å²) in [5.41, 5.74) is 7.41. The lowest BCUT2D eigenvalue weighted by molar-refractivity contribution is 0.410. The lowest BCUT2D eigenvalue weighted by Gasteiger charge is -2.07. The summed E-state index contributed by atoms with van der Waals surface area (Å²) in [5.74, 6) is 1.11. The third kappa shape index (κ3) is 1.76. The van der Waals surface area contributed by atoms with Crippen molar-refractivity contribution in [3.63, 3.8) is 0 Å². The molecule has 5 nitrogen and oxygen atoms in total. The van der Waals surface area contributed by atoms with Crippen molar-refractivity contribution in [3.8, 4) is 11.4 Å². The molecule has 78 valence electrons. The summed E-state index contributed by atoms with van der Waals surface area (Å²) < 4.78 is 5.22. The summed E-state index contributed by atoms with van der Waals surface area (Å²) in [6, 6.07) is 5.79. The highest BCUT2D eigenvalue weighted by Gasteiger charge is 2.07. The number of nitrogens with two attached hydrogens (primary N) is 1. The highest BCUT2D eigenvalue weighted by atomic mass is 16.5. The zero-order chi connectivity index (χ0) is 10.8. The number of hydrogen-bond donors (Lipinski definition) is 1. The molecule has 2 aromatic rings. The van der Waals surface area contributed by atoms with E-state index in [1.165, 1.54) is 11.0 Å². The van der Waals surface area contributed by atoms with Gasteiger partial charge in [-0.1, -0.05) is 6.07 Å². The molecule has 0 unspecified atom stereocenters. The minimum atomic E-state index is 0.388. The van der Waals surface area contributed by atoms with E-state index in [9.17, 15) is 0 Å². The molecular formula is C10H12N4O. The third-order valence-corrected chi connectivity index (χ3v) is 2.06. The van der Waals surface area contributed by atoms with Crippen LogP contribution in [0.2, 0.25) is 0 Å². The molecular weight excluding hydrogens is 192 g/mol. The predicted octanol–water partition coefficient (Wildman–Crippen LogP) is 1.17. The molecule has 1 aromatic carbocycles. The van der Waals surface area contributed by atoms with Crippen LogP contribution in [0.3, 0.4) is 0 Å². The van der Waals surface area contributed by atoms with Crippen LogP contribution in [0.5, 0.6) is 5.75 Å². The van der Waals surface area contributed by atoms with E-state index in [2.05, 4.69) is 10.2 Å². The molecule has 1 heterocycles. The van der Waals surface area contributed by atoms with E-state index in [0.29, 0.717) is 5.82 Å². The van der Waals surface area contributed by atoms with Gasteiger partial charge in [-0.2, -0.15) is 5.10 Å². The maximum atomic E-state index is 5.51. The lowest BCUT2D eigenvalue weighted by Crippen LogP contribution is -2.02. The van der Waals surface area contributed by atoms with Gasteiger partial charge in [-0.25, -0.2) is 0 Å². The minimum Gasteiger partial charge on any atom is -0.494 e. The minimum absolute atomic E-state index is 0.388. The Morgan fingerprint density at radius 2 is 2.20 bits per heavy atom. The van der Waals surface area contributed by atoms with Gasteiger partial charge in [0.1, 0.15) is 11.4 Å². The normalized spacial score (nSPS) is 10.3. The SMILES string of the molecule is COc1ccc(C)cc1-n1ncc(N)n1. The van der Waals surface area contributed by atoms with Crippen molar-refractivity contribution in [1.82, 2.24) is 15.0 Å². The summed E-state index contributed by atoms with van der Waals surface area (Å²) in [6.07, 6.45) is 1.50. The molecule has 2 N–H and O–H groups in total. The zero-order valence-corrected chi connectivity index (χ0v) is 8.64. The number of benzene rings is 1. The fourth-order valence-electron chi connectivity index (χ4n) is 1.35. The van der Waals surface area contributed by atoms with Crippen molar-refractivity contribution in [2.24, 2.45) is 0 Å². The summed E-state index contributed by atoms with van der Waals surface area (Å²) in [4.78, 5) is 1.46. The number of nitrogen functional groups attached to an aromatic ring is 1. The van der Waals surface area contributed by atoms with Crippen molar-refractivity contribution in [1.29, 1.82) is 0 Å². The Morgan fingerprint density at radius 3 is 2.80 bits per heavy atom. The molecule has 0 fully saturated rings. The molecule has 0 saturated carbocycles. The van der Waals surface area contributed by atoms with Crippen LogP contribution >= 0.6 is 0 Å². The molecule has 0 aliphatic carbocycles. The number of anilines is 1. The molecule has 0 atom stereocenters. The predicted molar refractivity (Wildman–Crippen MR) is 57.1 cm³/mol. The Bertz CT molecular complexity index is 478. The van der Waals surface area contributed by atoms with Crippen LogP contribution in [0.25, 0.3) is 5.69 Å². The first-order valence-electron chi connectivity index (χ1n) is 4.53. The number of ether oxygens (including phenoxy) is 1. The molecule has 15 heavy (non-hydrogen) atoms. The number of aryl methyl sites for hydroxylation is 1. The topological polar surface area (TPSA) is 66.0 Å². The van der Waals surface area contributed by atoms with Crippen molar-refractivity contribution in [2.75, 3.05) is 12.8 Å². The van der Waals surface area contributed by atoms with E-state index in [-0.39, 0.29) is 0 Å². The van der Waals surface area contributed by atoms with Gasteiger partial charge in [0.15, 0.2) is 5.82 Å². The molecule has 0 aliphatic rings. The first kappa shape index (κ1) is 9.51. The summed E-state index contributed by atoms with van der Waals surface area (Å²) in [5, 5.41) is 8.07. The number of hydrogen-bond acceptors (Lipinski definition) is 4. The number of aromatic nitrogens is 3. The number of methoxy groups -OCH3 is 1. The molecule has 1 aromatic heterocycles. The highest BCUT2D eigenvalue weighted by molar-refractivity contribution is 5.48. The summed E-state index contributed by atoms with van der Waals surface area (Å²) >= 11 is 0. The van der Waals surface area contributed by atoms with Gasteiger partial charge < -0.3 is 10.5 Å². The Hall–Kier alpha value is -2.04. The summed E-state index contributed by atoms with van der Waals surface area (Å²) in [6.45, 7) is 2.00. The van der Waals surface area contributed by atoms with Crippen LogP contribution in [0, 0.1) is 6.92 Å². The largest absolute Gasteiger partial charge is 0.494 e. The van der Waals surface area contributed by atoms with Crippen LogP contribution in [0.4, 0.5) is 5.82 Å². The third-order valence-electron chi connectivity index (χ3n) is 2.06. The second kappa shape index (κ2) is 3.61. The van der Waals surface area contributed by atoms with Gasteiger partial charge in [-0.3, -0.25) is 0 Å². The van der Waals surface area contributed by atoms with Crippen LogP contribution in [0.15, 0.2) is 24.4 Å². The molecule has 0 amide bonds. The van der Waals surface area contributed by atoms with E-state index >= 15 is 0 Å². The first-order chi connectivity index (χ1) is 7.20. The average molecular weight is 204 g/mol. The lowest BCUT2D eigenvalue weighted by atomic mass is 10.2. The van der Waals surface area contributed by atoms with Crippen molar-refractivity contribution in [3.05, 3.63) is 30.0 Å². The maximum absolute atomic E-state index is 5.51. The second-order valence-electron chi connectivity index (χ2n) is 3.23.